The second-order valence-electron chi connectivity index (χ2n) is 4.83. The molecule has 1 aromatic heterocycles. The first-order chi connectivity index (χ1) is 8.29. The predicted octanol–water partition coefficient (Wildman–Crippen LogP) is 2.03. The molecule has 2 unspecified atom stereocenters. The molecule has 2 rings (SSSR count). The Morgan fingerprint density at radius 1 is 1.35 bits per heavy atom. The summed E-state index contributed by atoms with van der Waals surface area (Å²) in [6, 6.07) is 0.553. The van der Waals surface area contributed by atoms with E-state index in [0.717, 1.165) is 24.9 Å². The van der Waals surface area contributed by atoms with E-state index in [4.69, 9.17) is 4.42 Å². The second kappa shape index (κ2) is 6.00. The third-order valence-corrected chi connectivity index (χ3v) is 3.55. The van der Waals surface area contributed by atoms with Gasteiger partial charge in [0.2, 0.25) is 5.89 Å². The molecule has 0 spiro atoms. The topological polar surface area (TPSA) is 63.0 Å². The van der Waals surface area contributed by atoms with Crippen LogP contribution in [0, 0.1) is 11.8 Å². The Labute approximate surface area is 102 Å². The predicted molar refractivity (Wildman–Crippen MR) is 66.7 cm³/mol. The van der Waals surface area contributed by atoms with Crippen LogP contribution in [0.25, 0.3) is 0 Å². The van der Waals surface area contributed by atoms with E-state index in [9.17, 15) is 0 Å². The van der Waals surface area contributed by atoms with Gasteiger partial charge in [0.1, 0.15) is 0 Å². The van der Waals surface area contributed by atoms with Crippen molar-refractivity contribution < 1.29 is 4.42 Å². The monoisotopic (exact) mass is 238 g/mol. The quantitative estimate of drug-likeness (QED) is 0.794. The number of hydrogen-bond donors (Lipinski definition) is 2. The highest BCUT2D eigenvalue weighted by Gasteiger charge is 2.23. The van der Waals surface area contributed by atoms with Crippen molar-refractivity contribution in [3.8, 4) is 0 Å². The molecule has 1 saturated carbocycles. The molecule has 0 bridgehead atoms. The Morgan fingerprint density at radius 2 is 2.24 bits per heavy atom. The van der Waals surface area contributed by atoms with Crippen molar-refractivity contribution in [2.75, 3.05) is 18.4 Å². The maximum Gasteiger partial charge on any atom is 0.315 e. The zero-order valence-corrected chi connectivity index (χ0v) is 10.7. The zero-order chi connectivity index (χ0) is 12.1. The van der Waals surface area contributed by atoms with E-state index in [2.05, 4.69) is 34.7 Å². The fourth-order valence-corrected chi connectivity index (χ4v) is 2.37. The average molecular weight is 238 g/mol. The maximum absolute atomic E-state index is 5.48. The minimum Gasteiger partial charge on any atom is -0.407 e. The van der Waals surface area contributed by atoms with Crippen LogP contribution >= 0.6 is 0 Å². The highest BCUT2D eigenvalue weighted by atomic mass is 16.4. The molecular weight excluding hydrogens is 216 g/mol. The Bertz CT molecular complexity index is 339. The molecule has 1 heterocycles. The number of rotatable bonds is 6. The minimum atomic E-state index is 0.553. The highest BCUT2D eigenvalue weighted by molar-refractivity contribution is 5.17. The van der Waals surface area contributed by atoms with E-state index in [1.54, 1.807) is 0 Å². The summed E-state index contributed by atoms with van der Waals surface area (Å²) in [5.74, 6) is 2.21. The van der Waals surface area contributed by atoms with Crippen molar-refractivity contribution in [1.82, 2.24) is 15.5 Å². The standard InChI is InChI=1S/C12H22N4O/c1-3-13-8-11-15-16-12(17-11)14-7-10-6-4-5-9(10)2/h9-10,13H,3-8H2,1-2H3,(H,14,16). The molecule has 0 radical (unpaired) electrons. The Hall–Kier alpha value is -1.10. The van der Waals surface area contributed by atoms with Gasteiger partial charge in [0, 0.05) is 6.54 Å². The molecule has 1 aromatic rings. The minimum absolute atomic E-state index is 0.553. The van der Waals surface area contributed by atoms with Crippen LogP contribution in [0.2, 0.25) is 0 Å². The first-order valence-electron chi connectivity index (χ1n) is 6.56. The van der Waals surface area contributed by atoms with Crippen molar-refractivity contribution in [1.29, 1.82) is 0 Å². The molecule has 0 saturated heterocycles. The van der Waals surface area contributed by atoms with Gasteiger partial charge in [0.25, 0.3) is 0 Å². The fraction of sp³-hybridized carbons (Fsp3) is 0.833. The second-order valence-corrected chi connectivity index (χ2v) is 4.83. The van der Waals surface area contributed by atoms with Gasteiger partial charge in [0.05, 0.1) is 6.54 Å². The van der Waals surface area contributed by atoms with Crippen LogP contribution in [0.1, 0.15) is 39.0 Å². The van der Waals surface area contributed by atoms with E-state index in [-0.39, 0.29) is 0 Å². The van der Waals surface area contributed by atoms with Gasteiger partial charge in [-0.05, 0) is 24.8 Å². The Morgan fingerprint density at radius 3 is 2.94 bits per heavy atom. The van der Waals surface area contributed by atoms with Crippen LogP contribution in [0.5, 0.6) is 0 Å². The van der Waals surface area contributed by atoms with Gasteiger partial charge in [-0.1, -0.05) is 31.8 Å². The van der Waals surface area contributed by atoms with Crippen LogP contribution < -0.4 is 10.6 Å². The summed E-state index contributed by atoms with van der Waals surface area (Å²) in [6.07, 6.45) is 4.01. The number of hydrogen-bond acceptors (Lipinski definition) is 5. The van der Waals surface area contributed by atoms with Gasteiger partial charge in [-0.25, -0.2) is 0 Å². The molecule has 5 nitrogen and oxygen atoms in total. The molecule has 17 heavy (non-hydrogen) atoms. The molecule has 2 N–H and O–H groups in total. The SMILES string of the molecule is CCNCc1nnc(NCC2CCCC2C)o1. The van der Waals surface area contributed by atoms with Crippen molar-refractivity contribution in [3.63, 3.8) is 0 Å². The number of nitrogens with zero attached hydrogens (tertiary/aromatic N) is 2. The van der Waals surface area contributed by atoms with Crippen LogP contribution in [-0.2, 0) is 6.54 Å². The van der Waals surface area contributed by atoms with E-state index in [1.165, 1.54) is 19.3 Å². The zero-order valence-electron chi connectivity index (χ0n) is 10.7. The van der Waals surface area contributed by atoms with Crippen LogP contribution in [0.3, 0.4) is 0 Å². The lowest BCUT2D eigenvalue weighted by Crippen LogP contribution is -2.16. The van der Waals surface area contributed by atoms with Crippen molar-refractivity contribution in [2.45, 2.75) is 39.7 Å². The molecule has 96 valence electrons. The fourth-order valence-electron chi connectivity index (χ4n) is 2.37. The number of anilines is 1. The molecule has 5 heteroatoms. The van der Waals surface area contributed by atoms with Crippen LogP contribution in [0.4, 0.5) is 6.01 Å². The third-order valence-electron chi connectivity index (χ3n) is 3.55. The summed E-state index contributed by atoms with van der Waals surface area (Å²) in [5, 5.41) is 14.4. The van der Waals surface area contributed by atoms with Crippen molar-refractivity contribution in [3.05, 3.63) is 5.89 Å². The lowest BCUT2D eigenvalue weighted by Gasteiger charge is -2.14. The van der Waals surface area contributed by atoms with E-state index < -0.39 is 0 Å². The van der Waals surface area contributed by atoms with E-state index in [0.29, 0.717) is 18.5 Å². The molecule has 1 fully saturated rings. The van der Waals surface area contributed by atoms with Gasteiger partial charge < -0.3 is 15.1 Å². The summed E-state index contributed by atoms with van der Waals surface area (Å²) in [7, 11) is 0. The maximum atomic E-state index is 5.48. The first kappa shape index (κ1) is 12.4. The first-order valence-corrected chi connectivity index (χ1v) is 6.56. The Kier molecular flexibility index (Phi) is 4.36. The summed E-state index contributed by atoms with van der Waals surface area (Å²) in [4.78, 5) is 0. The van der Waals surface area contributed by atoms with E-state index >= 15 is 0 Å². The summed E-state index contributed by atoms with van der Waals surface area (Å²) in [5.41, 5.74) is 0. The largest absolute Gasteiger partial charge is 0.407 e. The van der Waals surface area contributed by atoms with Gasteiger partial charge in [-0.3, -0.25) is 0 Å². The molecule has 0 aliphatic heterocycles. The molecular formula is C12H22N4O. The average Bonchev–Trinajstić information content (AvgIpc) is 2.93. The van der Waals surface area contributed by atoms with Crippen molar-refractivity contribution >= 4 is 6.01 Å². The lowest BCUT2D eigenvalue weighted by atomic mass is 9.98. The summed E-state index contributed by atoms with van der Waals surface area (Å²) < 4.78 is 5.48. The Balaban J connectivity index is 1.76. The molecule has 0 aromatic carbocycles. The van der Waals surface area contributed by atoms with Gasteiger partial charge in [-0.2, -0.15) is 0 Å². The van der Waals surface area contributed by atoms with E-state index in [1.807, 2.05) is 0 Å². The van der Waals surface area contributed by atoms with Gasteiger partial charge >= 0.3 is 6.01 Å². The number of aromatic nitrogens is 2. The lowest BCUT2D eigenvalue weighted by molar-refractivity contribution is 0.428. The van der Waals surface area contributed by atoms with Crippen molar-refractivity contribution in [2.24, 2.45) is 11.8 Å². The third kappa shape index (κ3) is 3.43. The molecule has 1 aliphatic rings. The van der Waals surface area contributed by atoms with Crippen LogP contribution in [-0.4, -0.2) is 23.3 Å². The normalized spacial score (nSPS) is 24.1. The summed E-state index contributed by atoms with van der Waals surface area (Å²) >= 11 is 0. The molecule has 0 amide bonds. The number of nitrogens with one attached hydrogen (secondary N) is 2. The van der Waals surface area contributed by atoms with Crippen LogP contribution in [0.15, 0.2) is 4.42 Å². The highest BCUT2D eigenvalue weighted by Crippen LogP contribution is 2.31. The van der Waals surface area contributed by atoms with Gasteiger partial charge in [-0.15, -0.1) is 5.10 Å². The van der Waals surface area contributed by atoms with Gasteiger partial charge in [0.15, 0.2) is 0 Å². The molecule has 2 atom stereocenters. The summed E-state index contributed by atoms with van der Waals surface area (Å²) in [6.45, 7) is 6.88. The smallest absolute Gasteiger partial charge is 0.315 e. The molecule has 1 aliphatic carbocycles.